The maximum atomic E-state index is 12.8. The summed E-state index contributed by atoms with van der Waals surface area (Å²) in [6.45, 7) is 11.5. The molecule has 0 radical (unpaired) electrons. The Morgan fingerprint density at radius 1 is 1.21 bits per heavy atom. The molecule has 2 N–H and O–H groups in total. The highest BCUT2D eigenvalue weighted by Gasteiger charge is 2.38. The first kappa shape index (κ1) is 27.3. The van der Waals surface area contributed by atoms with Gasteiger partial charge in [0.05, 0.1) is 27.6 Å². The molecule has 3 heterocycles. The number of nitrogens with zero attached hydrogens (tertiary/aromatic N) is 4. The third kappa shape index (κ3) is 5.85. The van der Waals surface area contributed by atoms with Crippen molar-refractivity contribution in [1.29, 1.82) is 0 Å². The molecule has 0 aliphatic carbocycles. The second-order valence-corrected chi connectivity index (χ2v) is 11.0. The molecule has 0 saturated carbocycles. The number of pyridine rings is 2. The van der Waals surface area contributed by atoms with Gasteiger partial charge in [-0.2, -0.15) is 0 Å². The van der Waals surface area contributed by atoms with Crippen LogP contribution in [0.15, 0.2) is 42.7 Å². The fourth-order valence-corrected chi connectivity index (χ4v) is 5.22. The fraction of sp³-hybridized carbons (Fsp3) is 0.464. The number of hydrogen-bond acceptors (Lipinski definition) is 8. The number of nitro groups is 1. The zero-order chi connectivity index (χ0) is 27.7. The van der Waals surface area contributed by atoms with E-state index in [4.69, 9.17) is 4.74 Å². The highest BCUT2D eigenvalue weighted by molar-refractivity contribution is 5.94. The number of carbonyl (C=O) groups excluding carboxylic acids is 1. The summed E-state index contributed by atoms with van der Waals surface area (Å²) < 4.78 is 6.18. The van der Waals surface area contributed by atoms with Crippen molar-refractivity contribution in [3.8, 4) is 5.75 Å². The molecule has 10 heteroatoms. The number of nitro benzene ring substituents is 1. The van der Waals surface area contributed by atoms with Crippen molar-refractivity contribution in [1.82, 2.24) is 15.3 Å². The van der Waals surface area contributed by atoms with Gasteiger partial charge in [0.1, 0.15) is 17.1 Å². The van der Waals surface area contributed by atoms with Crippen LogP contribution < -0.4 is 10.2 Å². The summed E-state index contributed by atoms with van der Waals surface area (Å²) in [5.41, 5.74) is -0.0364. The van der Waals surface area contributed by atoms with E-state index in [2.05, 4.69) is 20.2 Å². The number of phenols is 1. The second-order valence-electron chi connectivity index (χ2n) is 11.0. The van der Waals surface area contributed by atoms with Crippen LogP contribution in [-0.4, -0.2) is 50.2 Å². The average Bonchev–Trinajstić information content (AvgIpc) is 2.85. The molecule has 4 rings (SSSR count). The first-order valence-electron chi connectivity index (χ1n) is 12.9. The number of nitrogens with one attached hydrogen (secondary N) is 1. The minimum atomic E-state index is -0.858. The lowest BCUT2D eigenvalue weighted by atomic mass is 9.95. The first-order valence-corrected chi connectivity index (χ1v) is 12.9. The van der Waals surface area contributed by atoms with E-state index in [1.165, 1.54) is 12.3 Å². The molecule has 38 heavy (non-hydrogen) atoms. The summed E-state index contributed by atoms with van der Waals surface area (Å²) in [6.07, 6.45) is 4.95. The second kappa shape index (κ2) is 10.5. The van der Waals surface area contributed by atoms with Crippen LogP contribution in [0.3, 0.4) is 0 Å². The smallest absolute Gasteiger partial charge is 0.279 e. The molecule has 0 bridgehead atoms. The number of morpholine rings is 1. The highest BCUT2D eigenvalue weighted by atomic mass is 16.6. The van der Waals surface area contributed by atoms with Crippen LogP contribution in [0.2, 0.25) is 0 Å². The molecule has 3 aromatic rings. The van der Waals surface area contributed by atoms with E-state index in [1.54, 1.807) is 18.3 Å². The molecule has 1 aromatic carbocycles. The maximum Gasteiger partial charge on any atom is 0.279 e. The number of unbranched alkanes of at least 4 members (excludes halogenated alkanes) is 1. The number of aromatic nitrogens is 2. The zero-order valence-corrected chi connectivity index (χ0v) is 22.5. The number of ether oxygens (including phenoxy) is 1. The number of benzene rings is 1. The first-order chi connectivity index (χ1) is 17.9. The molecule has 1 aliphatic heterocycles. The number of carbonyl (C=O) groups is 1. The van der Waals surface area contributed by atoms with Gasteiger partial charge in [-0.3, -0.25) is 19.9 Å². The van der Waals surface area contributed by atoms with E-state index in [0.29, 0.717) is 31.5 Å². The van der Waals surface area contributed by atoms with Crippen LogP contribution in [-0.2, 0) is 9.53 Å². The van der Waals surface area contributed by atoms with Crippen molar-refractivity contribution in [2.45, 2.75) is 71.1 Å². The number of phenolic OH excluding ortho intramolecular Hbond substituents is 1. The molecule has 1 unspecified atom stereocenters. The Labute approximate surface area is 222 Å². The van der Waals surface area contributed by atoms with Gasteiger partial charge in [0.2, 0.25) is 5.91 Å². The van der Waals surface area contributed by atoms with Crippen LogP contribution in [0.25, 0.3) is 10.9 Å². The van der Waals surface area contributed by atoms with Gasteiger partial charge in [-0.25, -0.2) is 4.98 Å². The van der Waals surface area contributed by atoms with Gasteiger partial charge in [-0.1, -0.05) is 19.4 Å². The number of non-ortho nitro benzene ring substituents is 1. The number of anilines is 1. The number of hydrogen-bond donors (Lipinski definition) is 2. The van der Waals surface area contributed by atoms with E-state index in [0.717, 1.165) is 12.2 Å². The summed E-state index contributed by atoms with van der Waals surface area (Å²) in [5.74, 6) is 0.318. The van der Waals surface area contributed by atoms with Crippen LogP contribution in [0.1, 0.15) is 71.0 Å². The molecule has 202 valence electrons. The number of rotatable bonds is 8. The quantitative estimate of drug-likeness (QED) is 0.312. The van der Waals surface area contributed by atoms with Crippen molar-refractivity contribution in [3.05, 3.63) is 64.0 Å². The maximum absolute atomic E-state index is 12.8. The van der Waals surface area contributed by atoms with Crippen molar-refractivity contribution in [2.24, 2.45) is 0 Å². The Bertz CT molecular complexity index is 1320. The van der Waals surface area contributed by atoms with Gasteiger partial charge in [-0.15, -0.1) is 0 Å². The minimum absolute atomic E-state index is 0.104. The van der Waals surface area contributed by atoms with Crippen LogP contribution >= 0.6 is 0 Å². The lowest BCUT2D eigenvalue weighted by Crippen LogP contribution is -2.57. The standard InChI is InChI=1S/C28H35N5O5/c1-6-7-10-23(34)31-24(20-14-21(33(36)37)19-9-8-13-29-25(19)26(20)35)18-11-12-22(30-15-18)32-16-27(2,3)38-28(4,5)17-32/h8-9,11-15,24,35H,6-7,10,16-17H2,1-5H3,(H,31,34). The Morgan fingerprint density at radius 2 is 1.92 bits per heavy atom. The molecular weight excluding hydrogens is 486 g/mol. The summed E-state index contributed by atoms with van der Waals surface area (Å²) in [6, 6.07) is 7.27. The zero-order valence-electron chi connectivity index (χ0n) is 22.5. The van der Waals surface area contributed by atoms with Gasteiger partial charge < -0.3 is 20.1 Å². The molecular formula is C28H35N5O5. The Morgan fingerprint density at radius 3 is 2.53 bits per heavy atom. The molecule has 1 fully saturated rings. The fourth-order valence-electron chi connectivity index (χ4n) is 5.22. The average molecular weight is 522 g/mol. The summed E-state index contributed by atoms with van der Waals surface area (Å²) >= 11 is 0. The minimum Gasteiger partial charge on any atom is -0.505 e. The lowest BCUT2D eigenvalue weighted by molar-refractivity contribution is -0.383. The highest BCUT2D eigenvalue weighted by Crippen LogP contribution is 2.40. The Balaban J connectivity index is 1.77. The Kier molecular flexibility index (Phi) is 7.55. The van der Waals surface area contributed by atoms with E-state index < -0.39 is 11.0 Å². The molecule has 1 saturated heterocycles. The van der Waals surface area contributed by atoms with Crippen molar-refractivity contribution in [3.63, 3.8) is 0 Å². The summed E-state index contributed by atoms with van der Waals surface area (Å²) in [5, 5.41) is 26.3. The number of fused-ring (bicyclic) bond motifs is 1. The molecule has 1 amide bonds. The predicted molar refractivity (Wildman–Crippen MR) is 145 cm³/mol. The Hall–Kier alpha value is -3.79. The van der Waals surface area contributed by atoms with Crippen LogP contribution in [0.4, 0.5) is 11.5 Å². The van der Waals surface area contributed by atoms with Crippen molar-refractivity contribution < 1.29 is 19.6 Å². The number of amides is 1. The number of aromatic hydroxyl groups is 1. The van der Waals surface area contributed by atoms with E-state index in [-0.39, 0.29) is 45.0 Å². The van der Waals surface area contributed by atoms with Gasteiger partial charge in [0.25, 0.3) is 5.69 Å². The summed E-state index contributed by atoms with van der Waals surface area (Å²) in [4.78, 5) is 35.3. The van der Waals surface area contributed by atoms with Gasteiger partial charge in [0, 0.05) is 43.5 Å². The molecule has 10 nitrogen and oxygen atoms in total. The topological polar surface area (TPSA) is 131 Å². The lowest BCUT2D eigenvalue weighted by Gasteiger charge is -2.47. The van der Waals surface area contributed by atoms with Crippen molar-refractivity contribution >= 4 is 28.3 Å². The van der Waals surface area contributed by atoms with E-state index in [9.17, 15) is 20.0 Å². The SMILES string of the molecule is CCCCC(=O)NC(c1ccc(N2CC(C)(C)OC(C)(C)C2)nc1)c1cc([N+](=O)[O-])c2cccnc2c1O. The molecule has 1 atom stereocenters. The third-order valence-electron chi connectivity index (χ3n) is 6.57. The van der Waals surface area contributed by atoms with E-state index in [1.807, 2.05) is 46.8 Å². The largest absolute Gasteiger partial charge is 0.505 e. The molecule has 0 spiro atoms. The predicted octanol–water partition coefficient (Wildman–Crippen LogP) is 5.03. The molecule has 2 aromatic heterocycles. The van der Waals surface area contributed by atoms with Crippen molar-refractivity contribution in [2.75, 3.05) is 18.0 Å². The normalized spacial score (nSPS) is 17.2. The van der Waals surface area contributed by atoms with Crippen LogP contribution in [0, 0.1) is 10.1 Å². The van der Waals surface area contributed by atoms with Gasteiger partial charge in [0.15, 0.2) is 0 Å². The third-order valence-corrected chi connectivity index (χ3v) is 6.57. The molecule has 1 aliphatic rings. The summed E-state index contributed by atoms with van der Waals surface area (Å²) in [7, 11) is 0. The van der Waals surface area contributed by atoms with E-state index >= 15 is 0 Å². The van der Waals surface area contributed by atoms with Crippen LogP contribution in [0.5, 0.6) is 5.75 Å². The van der Waals surface area contributed by atoms with Gasteiger partial charge in [-0.05, 0) is 57.9 Å². The monoisotopic (exact) mass is 521 g/mol. The van der Waals surface area contributed by atoms with Gasteiger partial charge >= 0.3 is 0 Å².